The quantitative estimate of drug-likeness (QED) is 0.767. The van der Waals surface area contributed by atoms with E-state index in [-0.39, 0.29) is 11.8 Å². The van der Waals surface area contributed by atoms with Crippen LogP contribution in [0.1, 0.15) is 44.4 Å². The molecule has 0 spiro atoms. The summed E-state index contributed by atoms with van der Waals surface area (Å²) in [7, 11) is 0. The molecule has 1 fully saturated rings. The maximum Gasteiger partial charge on any atom is 0.227 e. The van der Waals surface area contributed by atoms with Crippen LogP contribution >= 0.6 is 11.3 Å². The summed E-state index contributed by atoms with van der Waals surface area (Å²) in [5.74, 6) is 0.579. The number of carbonyl (C=O) groups excluding carboxylic acids is 2. The Bertz CT molecular complexity index is 487. The van der Waals surface area contributed by atoms with Crippen molar-refractivity contribution in [3.05, 3.63) is 22.4 Å². The molecule has 0 bridgehead atoms. The molecule has 0 atom stereocenters. The van der Waals surface area contributed by atoms with E-state index in [9.17, 15) is 9.59 Å². The molecule has 2 heterocycles. The summed E-state index contributed by atoms with van der Waals surface area (Å²) in [5.41, 5.74) is 0. The highest BCUT2D eigenvalue weighted by Gasteiger charge is 2.29. The minimum Gasteiger partial charge on any atom is -0.342 e. The number of hydrogen-bond donors (Lipinski definition) is 0. The van der Waals surface area contributed by atoms with Crippen molar-refractivity contribution in [3.8, 4) is 0 Å². The Kier molecular flexibility index (Phi) is 7.09. The van der Waals surface area contributed by atoms with Crippen LogP contribution in [-0.4, -0.2) is 47.8 Å². The molecule has 5 heteroatoms. The molecule has 1 aliphatic heterocycles. The van der Waals surface area contributed by atoms with Gasteiger partial charge in [-0.25, -0.2) is 0 Å². The fourth-order valence-corrected chi connectivity index (χ4v) is 3.88. The van der Waals surface area contributed by atoms with E-state index in [1.165, 1.54) is 0 Å². The minimum absolute atomic E-state index is 0.0962. The second kappa shape index (κ2) is 9.06. The average Bonchev–Trinajstić information content (AvgIpc) is 3.07. The van der Waals surface area contributed by atoms with E-state index in [0.717, 1.165) is 43.6 Å². The van der Waals surface area contributed by atoms with Gasteiger partial charge in [-0.15, -0.1) is 11.3 Å². The molecule has 1 saturated heterocycles. The van der Waals surface area contributed by atoms with Crippen LogP contribution in [0.2, 0.25) is 0 Å². The maximum atomic E-state index is 12.6. The van der Waals surface area contributed by atoms with E-state index >= 15 is 0 Å². The highest BCUT2D eigenvalue weighted by molar-refractivity contribution is 7.10. The summed E-state index contributed by atoms with van der Waals surface area (Å²) >= 11 is 1.63. The molecule has 0 radical (unpaired) electrons. The van der Waals surface area contributed by atoms with Gasteiger partial charge >= 0.3 is 0 Å². The molecule has 0 saturated carbocycles. The zero-order valence-electron chi connectivity index (χ0n) is 14.3. The number of amides is 2. The predicted molar refractivity (Wildman–Crippen MR) is 94.5 cm³/mol. The van der Waals surface area contributed by atoms with Crippen molar-refractivity contribution in [3.63, 3.8) is 0 Å². The van der Waals surface area contributed by atoms with E-state index in [4.69, 9.17) is 0 Å². The molecule has 0 aromatic carbocycles. The first-order valence-electron chi connectivity index (χ1n) is 8.74. The highest BCUT2D eigenvalue weighted by Crippen LogP contribution is 2.21. The van der Waals surface area contributed by atoms with Crippen LogP contribution in [0.5, 0.6) is 0 Å². The van der Waals surface area contributed by atoms with Crippen molar-refractivity contribution < 1.29 is 9.59 Å². The fourth-order valence-electron chi connectivity index (χ4n) is 3.18. The van der Waals surface area contributed by atoms with Gasteiger partial charge in [-0.3, -0.25) is 9.59 Å². The fraction of sp³-hybridized carbons (Fsp3) is 0.667. The molecule has 23 heavy (non-hydrogen) atoms. The van der Waals surface area contributed by atoms with Crippen molar-refractivity contribution in [1.82, 2.24) is 9.80 Å². The van der Waals surface area contributed by atoms with Gasteiger partial charge in [0.2, 0.25) is 11.8 Å². The molecule has 0 N–H and O–H groups in total. The third-order valence-corrected chi connectivity index (χ3v) is 5.28. The topological polar surface area (TPSA) is 40.6 Å². The summed E-state index contributed by atoms with van der Waals surface area (Å²) < 4.78 is 0. The molecular formula is C18H28N2O2S. The van der Waals surface area contributed by atoms with Gasteiger partial charge in [0.15, 0.2) is 0 Å². The smallest absolute Gasteiger partial charge is 0.227 e. The predicted octanol–water partition coefficient (Wildman–Crippen LogP) is 3.18. The summed E-state index contributed by atoms with van der Waals surface area (Å²) in [4.78, 5) is 30.0. The van der Waals surface area contributed by atoms with Crippen LogP contribution in [0.15, 0.2) is 17.5 Å². The largest absolute Gasteiger partial charge is 0.342 e. The zero-order chi connectivity index (χ0) is 16.7. The Balaban J connectivity index is 1.82. The van der Waals surface area contributed by atoms with Crippen molar-refractivity contribution in [2.45, 2.75) is 46.0 Å². The van der Waals surface area contributed by atoms with Gasteiger partial charge in [0, 0.05) is 37.0 Å². The van der Waals surface area contributed by atoms with Crippen LogP contribution in [0.25, 0.3) is 0 Å². The van der Waals surface area contributed by atoms with Crippen LogP contribution < -0.4 is 0 Å². The molecule has 2 amide bonds. The third kappa shape index (κ3) is 5.06. The Hall–Kier alpha value is -1.36. The molecule has 1 aromatic heterocycles. The lowest BCUT2D eigenvalue weighted by molar-refractivity contribution is -0.140. The van der Waals surface area contributed by atoms with Crippen molar-refractivity contribution in [1.29, 1.82) is 0 Å². The van der Waals surface area contributed by atoms with Crippen LogP contribution in [0, 0.1) is 5.92 Å². The normalized spacial score (nSPS) is 15.7. The maximum absolute atomic E-state index is 12.6. The molecule has 2 rings (SSSR count). The van der Waals surface area contributed by atoms with Crippen LogP contribution in [0.4, 0.5) is 0 Å². The van der Waals surface area contributed by atoms with Gasteiger partial charge in [0.05, 0.1) is 6.42 Å². The van der Waals surface area contributed by atoms with Crippen molar-refractivity contribution in [2.75, 3.05) is 26.2 Å². The van der Waals surface area contributed by atoms with E-state index in [2.05, 4.69) is 13.8 Å². The molecular weight excluding hydrogens is 308 g/mol. The number of nitrogens with zero attached hydrogens (tertiary/aromatic N) is 2. The zero-order valence-corrected chi connectivity index (χ0v) is 15.1. The number of likely N-dealkylation sites (tertiary alicyclic amines) is 1. The molecule has 128 valence electrons. The molecule has 1 aliphatic rings. The number of hydrogen-bond acceptors (Lipinski definition) is 3. The number of carbonyl (C=O) groups is 2. The van der Waals surface area contributed by atoms with E-state index in [1.54, 1.807) is 11.3 Å². The minimum atomic E-state index is 0.0962. The molecule has 0 unspecified atom stereocenters. The SMILES string of the molecule is CCCN(CCC)C(=O)C1CCN(C(=O)Cc2cccs2)CC1. The molecule has 4 nitrogen and oxygen atoms in total. The van der Waals surface area contributed by atoms with Crippen LogP contribution in [0.3, 0.4) is 0 Å². The summed E-state index contributed by atoms with van der Waals surface area (Å²) in [6.07, 6.45) is 4.11. The van der Waals surface area contributed by atoms with Crippen LogP contribution in [-0.2, 0) is 16.0 Å². The first-order chi connectivity index (χ1) is 11.2. The van der Waals surface area contributed by atoms with E-state index < -0.39 is 0 Å². The number of thiophene rings is 1. The lowest BCUT2D eigenvalue weighted by Crippen LogP contribution is -2.45. The van der Waals surface area contributed by atoms with Gasteiger partial charge in [-0.1, -0.05) is 19.9 Å². The van der Waals surface area contributed by atoms with Crippen molar-refractivity contribution in [2.24, 2.45) is 5.92 Å². The number of piperidine rings is 1. The summed E-state index contributed by atoms with van der Waals surface area (Å²) in [6, 6.07) is 3.99. The van der Waals surface area contributed by atoms with Gasteiger partial charge in [-0.2, -0.15) is 0 Å². The Morgan fingerprint density at radius 1 is 1.22 bits per heavy atom. The third-order valence-electron chi connectivity index (χ3n) is 4.40. The first kappa shape index (κ1) is 18.0. The van der Waals surface area contributed by atoms with Gasteiger partial charge < -0.3 is 9.80 Å². The van der Waals surface area contributed by atoms with E-state index in [1.807, 2.05) is 27.3 Å². The van der Waals surface area contributed by atoms with Gasteiger partial charge in [-0.05, 0) is 37.1 Å². The average molecular weight is 337 g/mol. The van der Waals surface area contributed by atoms with Gasteiger partial charge in [0.25, 0.3) is 0 Å². The Morgan fingerprint density at radius 2 is 1.87 bits per heavy atom. The van der Waals surface area contributed by atoms with Crippen molar-refractivity contribution >= 4 is 23.2 Å². The monoisotopic (exact) mass is 336 g/mol. The Morgan fingerprint density at radius 3 is 2.39 bits per heavy atom. The lowest BCUT2D eigenvalue weighted by atomic mass is 9.94. The second-order valence-corrected chi connectivity index (χ2v) is 7.27. The first-order valence-corrected chi connectivity index (χ1v) is 9.62. The number of rotatable bonds is 7. The standard InChI is InChI=1S/C18H28N2O2S/c1-3-9-20(10-4-2)18(22)15-7-11-19(12-8-15)17(21)14-16-6-5-13-23-16/h5-6,13,15H,3-4,7-12,14H2,1-2H3. The second-order valence-electron chi connectivity index (χ2n) is 6.24. The van der Waals surface area contributed by atoms with E-state index in [0.29, 0.717) is 25.4 Å². The Labute approximate surface area is 143 Å². The van der Waals surface area contributed by atoms with Gasteiger partial charge in [0.1, 0.15) is 0 Å². The highest BCUT2D eigenvalue weighted by atomic mass is 32.1. The summed E-state index contributed by atoms with van der Waals surface area (Å²) in [6.45, 7) is 7.36. The lowest BCUT2D eigenvalue weighted by Gasteiger charge is -2.34. The molecule has 1 aromatic rings. The summed E-state index contributed by atoms with van der Waals surface area (Å²) in [5, 5.41) is 2.00. The molecule has 0 aliphatic carbocycles.